The SMILES string of the molecule is CCCc1ccc(NC2CCc3ccc(OC)cc32)cc1. The van der Waals surface area contributed by atoms with Crippen LogP contribution in [0.2, 0.25) is 0 Å². The molecule has 0 saturated heterocycles. The fourth-order valence-corrected chi connectivity index (χ4v) is 3.11. The Kier molecular flexibility index (Phi) is 4.14. The molecule has 2 heteroatoms. The van der Waals surface area contributed by atoms with E-state index in [-0.39, 0.29) is 0 Å². The average molecular weight is 281 g/mol. The maximum atomic E-state index is 5.35. The molecule has 2 aromatic rings. The van der Waals surface area contributed by atoms with E-state index in [1.54, 1.807) is 7.11 Å². The van der Waals surface area contributed by atoms with E-state index in [0.29, 0.717) is 6.04 Å². The Morgan fingerprint density at radius 3 is 2.67 bits per heavy atom. The molecule has 0 heterocycles. The molecule has 0 spiro atoms. The summed E-state index contributed by atoms with van der Waals surface area (Å²) in [6.07, 6.45) is 4.65. The number of hydrogen-bond acceptors (Lipinski definition) is 2. The van der Waals surface area contributed by atoms with Crippen LogP contribution in [0.1, 0.15) is 42.5 Å². The number of ether oxygens (including phenoxy) is 1. The van der Waals surface area contributed by atoms with Crippen molar-refractivity contribution in [1.29, 1.82) is 0 Å². The maximum absolute atomic E-state index is 5.35. The molecule has 0 radical (unpaired) electrons. The average Bonchev–Trinajstić information content (AvgIpc) is 2.92. The van der Waals surface area contributed by atoms with Crippen LogP contribution in [0.15, 0.2) is 42.5 Å². The van der Waals surface area contributed by atoms with Crippen molar-refractivity contribution in [2.45, 2.75) is 38.6 Å². The highest BCUT2D eigenvalue weighted by Gasteiger charge is 2.22. The Hall–Kier alpha value is -1.96. The van der Waals surface area contributed by atoms with Crippen LogP contribution in [0.5, 0.6) is 5.75 Å². The van der Waals surface area contributed by atoms with E-state index in [2.05, 4.69) is 54.7 Å². The van der Waals surface area contributed by atoms with Crippen molar-refractivity contribution >= 4 is 5.69 Å². The molecule has 2 aromatic carbocycles. The normalized spacial score (nSPS) is 16.6. The minimum Gasteiger partial charge on any atom is -0.497 e. The molecule has 0 bridgehead atoms. The van der Waals surface area contributed by atoms with Crippen LogP contribution in [0.4, 0.5) is 5.69 Å². The Bertz CT molecular complexity index is 603. The van der Waals surface area contributed by atoms with E-state index in [1.165, 1.54) is 28.8 Å². The molecular weight excluding hydrogens is 258 g/mol. The van der Waals surface area contributed by atoms with Gasteiger partial charge >= 0.3 is 0 Å². The van der Waals surface area contributed by atoms with E-state index in [1.807, 2.05) is 0 Å². The van der Waals surface area contributed by atoms with E-state index < -0.39 is 0 Å². The molecule has 0 aliphatic heterocycles. The van der Waals surface area contributed by atoms with Gasteiger partial charge in [-0.1, -0.05) is 31.5 Å². The van der Waals surface area contributed by atoms with Gasteiger partial charge in [-0.2, -0.15) is 0 Å². The van der Waals surface area contributed by atoms with Gasteiger partial charge in [0.15, 0.2) is 0 Å². The lowest BCUT2D eigenvalue weighted by molar-refractivity contribution is 0.414. The summed E-state index contributed by atoms with van der Waals surface area (Å²) in [5.41, 5.74) is 5.44. The predicted octanol–water partition coefficient (Wildman–Crippen LogP) is 4.75. The summed E-state index contributed by atoms with van der Waals surface area (Å²) in [5.74, 6) is 0.945. The number of hydrogen-bond donors (Lipinski definition) is 1. The zero-order valence-corrected chi connectivity index (χ0v) is 12.9. The zero-order valence-electron chi connectivity index (χ0n) is 12.9. The van der Waals surface area contributed by atoms with Gasteiger partial charge in [0, 0.05) is 5.69 Å². The van der Waals surface area contributed by atoms with Crippen LogP contribution in [0.3, 0.4) is 0 Å². The Balaban J connectivity index is 1.75. The smallest absolute Gasteiger partial charge is 0.119 e. The Morgan fingerprint density at radius 2 is 1.95 bits per heavy atom. The number of aryl methyl sites for hydroxylation is 2. The fourth-order valence-electron chi connectivity index (χ4n) is 3.11. The third kappa shape index (κ3) is 3.05. The molecule has 0 amide bonds. The van der Waals surface area contributed by atoms with Gasteiger partial charge in [-0.15, -0.1) is 0 Å². The first kappa shape index (κ1) is 14.0. The zero-order chi connectivity index (χ0) is 14.7. The summed E-state index contributed by atoms with van der Waals surface area (Å²) in [6.45, 7) is 2.22. The second-order valence-electron chi connectivity index (χ2n) is 5.75. The second kappa shape index (κ2) is 6.21. The molecule has 2 nitrogen and oxygen atoms in total. The first-order valence-electron chi connectivity index (χ1n) is 7.82. The molecule has 0 saturated carbocycles. The molecule has 21 heavy (non-hydrogen) atoms. The highest BCUT2D eigenvalue weighted by atomic mass is 16.5. The molecule has 0 fully saturated rings. The summed E-state index contributed by atoms with van der Waals surface area (Å²) in [7, 11) is 1.73. The molecule has 0 aromatic heterocycles. The van der Waals surface area contributed by atoms with Crippen LogP contribution >= 0.6 is 0 Å². The molecule has 3 rings (SSSR count). The van der Waals surface area contributed by atoms with Crippen molar-refractivity contribution in [2.75, 3.05) is 12.4 Å². The van der Waals surface area contributed by atoms with Crippen molar-refractivity contribution < 1.29 is 4.74 Å². The van der Waals surface area contributed by atoms with Gasteiger partial charge in [0.25, 0.3) is 0 Å². The van der Waals surface area contributed by atoms with Crippen molar-refractivity contribution in [3.63, 3.8) is 0 Å². The second-order valence-corrected chi connectivity index (χ2v) is 5.75. The summed E-state index contributed by atoms with van der Waals surface area (Å²) in [4.78, 5) is 0. The Labute approximate surface area is 127 Å². The van der Waals surface area contributed by atoms with Crippen LogP contribution < -0.4 is 10.1 Å². The summed E-state index contributed by atoms with van der Waals surface area (Å²) < 4.78 is 5.35. The number of fused-ring (bicyclic) bond motifs is 1. The summed E-state index contributed by atoms with van der Waals surface area (Å²) in [6, 6.07) is 15.7. The van der Waals surface area contributed by atoms with Crippen LogP contribution in [-0.4, -0.2) is 7.11 Å². The minimum absolute atomic E-state index is 0.395. The summed E-state index contributed by atoms with van der Waals surface area (Å²) >= 11 is 0. The van der Waals surface area contributed by atoms with Gasteiger partial charge in [0.05, 0.1) is 13.2 Å². The number of methoxy groups -OCH3 is 1. The monoisotopic (exact) mass is 281 g/mol. The molecule has 1 N–H and O–H groups in total. The van der Waals surface area contributed by atoms with Crippen LogP contribution in [0, 0.1) is 0 Å². The Morgan fingerprint density at radius 1 is 1.14 bits per heavy atom. The maximum Gasteiger partial charge on any atom is 0.119 e. The first-order chi connectivity index (χ1) is 10.3. The fraction of sp³-hybridized carbons (Fsp3) is 0.368. The van der Waals surface area contributed by atoms with Crippen molar-refractivity contribution in [3.8, 4) is 5.75 Å². The highest BCUT2D eigenvalue weighted by Crippen LogP contribution is 2.36. The van der Waals surface area contributed by atoms with E-state index in [4.69, 9.17) is 4.74 Å². The van der Waals surface area contributed by atoms with E-state index >= 15 is 0 Å². The lowest BCUT2D eigenvalue weighted by Crippen LogP contribution is -2.07. The van der Waals surface area contributed by atoms with Gasteiger partial charge in [-0.05, 0) is 60.2 Å². The third-order valence-electron chi connectivity index (χ3n) is 4.26. The molecule has 110 valence electrons. The number of anilines is 1. The topological polar surface area (TPSA) is 21.3 Å². The lowest BCUT2D eigenvalue weighted by Gasteiger charge is -2.16. The minimum atomic E-state index is 0.395. The van der Waals surface area contributed by atoms with E-state index in [9.17, 15) is 0 Å². The van der Waals surface area contributed by atoms with Crippen molar-refractivity contribution in [3.05, 3.63) is 59.2 Å². The highest BCUT2D eigenvalue weighted by molar-refractivity contribution is 5.50. The number of benzene rings is 2. The van der Waals surface area contributed by atoms with Crippen LogP contribution in [-0.2, 0) is 12.8 Å². The van der Waals surface area contributed by atoms with Crippen molar-refractivity contribution in [1.82, 2.24) is 0 Å². The third-order valence-corrected chi connectivity index (χ3v) is 4.26. The number of rotatable bonds is 5. The van der Waals surface area contributed by atoms with Gasteiger partial charge in [0.2, 0.25) is 0 Å². The van der Waals surface area contributed by atoms with Gasteiger partial charge in [-0.25, -0.2) is 0 Å². The lowest BCUT2D eigenvalue weighted by atomic mass is 10.1. The first-order valence-corrected chi connectivity index (χ1v) is 7.82. The molecule has 1 atom stereocenters. The standard InChI is InChI=1S/C19H23NO/c1-3-4-14-5-9-16(10-6-14)20-19-12-8-15-7-11-17(21-2)13-18(15)19/h5-7,9-11,13,19-20H,3-4,8,12H2,1-2H3. The van der Waals surface area contributed by atoms with Crippen molar-refractivity contribution in [2.24, 2.45) is 0 Å². The summed E-state index contributed by atoms with van der Waals surface area (Å²) in [5, 5.41) is 3.66. The van der Waals surface area contributed by atoms with E-state index in [0.717, 1.165) is 25.0 Å². The molecule has 1 unspecified atom stereocenters. The van der Waals surface area contributed by atoms with Gasteiger partial charge < -0.3 is 10.1 Å². The number of nitrogens with one attached hydrogen (secondary N) is 1. The van der Waals surface area contributed by atoms with Crippen LogP contribution in [0.25, 0.3) is 0 Å². The van der Waals surface area contributed by atoms with Gasteiger partial charge in [0.1, 0.15) is 5.75 Å². The predicted molar refractivity (Wildman–Crippen MR) is 88.1 cm³/mol. The quantitative estimate of drug-likeness (QED) is 0.854. The van der Waals surface area contributed by atoms with Gasteiger partial charge in [-0.3, -0.25) is 0 Å². The molecular formula is C19H23NO. The molecule has 1 aliphatic carbocycles. The molecule has 1 aliphatic rings. The largest absolute Gasteiger partial charge is 0.497 e.